The average molecular weight is 230 g/mol. The molecule has 2 rings (SSSR count). The maximum Gasteiger partial charge on any atom is -0.0129 e. The predicted molar refractivity (Wildman–Crippen MR) is 75.3 cm³/mol. The van der Waals surface area contributed by atoms with Gasteiger partial charge in [0.15, 0.2) is 0 Å². The van der Waals surface area contributed by atoms with Crippen LogP contribution in [0.25, 0.3) is 0 Å². The minimum atomic E-state index is 0.791. The highest BCUT2D eigenvalue weighted by molar-refractivity contribution is 5.25. The molecular formula is C17H26. The molecular weight excluding hydrogens is 204 g/mol. The van der Waals surface area contributed by atoms with Crippen molar-refractivity contribution in [2.75, 3.05) is 0 Å². The lowest BCUT2D eigenvalue weighted by Gasteiger charge is -2.37. The Morgan fingerprint density at radius 3 is 2.29 bits per heavy atom. The summed E-state index contributed by atoms with van der Waals surface area (Å²) < 4.78 is 0. The Morgan fingerprint density at radius 2 is 1.71 bits per heavy atom. The Kier molecular flexibility index (Phi) is 3.91. The molecule has 0 radical (unpaired) electrons. The lowest BCUT2D eigenvalue weighted by molar-refractivity contribution is 0.197. The highest BCUT2D eigenvalue weighted by Crippen LogP contribution is 2.43. The monoisotopic (exact) mass is 230 g/mol. The summed E-state index contributed by atoms with van der Waals surface area (Å²) >= 11 is 0. The molecule has 1 fully saturated rings. The Labute approximate surface area is 106 Å². The molecule has 0 saturated heterocycles. The third-order valence-corrected chi connectivity index (χ3v) is 4.53. The molecule has 0 amide bonds. The molecule has 1 aromatic carbocycles. The fraction of sp³-hybridized carbons (Fsp3) is 0.647. The molecule has 0 bridgehead atoms. The van der Waals surface area contributed by atoms with Crippen LogP contribution in [0.4, 0.5) is 0 Å². The van der Waals surface area contributed by atoms with Gasteiger partial charge in [0.2, 0.25) is 0 Å². The van der Waals surface area contributed by atoms with Gasteiger partial charge in [-0.3, -0.25) is 0 Å². The van der Waals surface area contributed by atoms with Crippen molar-refractivity contribution in [3.05, 3.63) is 35.4 Å². The number of benzene rings is 1. The summed E-state index contributed by atoms with van der Waals surface area (Å²) in [6.45, 7) is 9.37. The van der Waals surface area contributed by atoms with E-state index in [2.05, 4.69) is 52.0 Å². The van der Waals surface area contributed by atoms with E-state index < -0.39 is 0 Å². The van der Waals surface area contributed by atoms with Crippen LogP contribution in [0.15, 0.2) is 24.3 Å². The van der Waals surface area contributed by atoms with E-state index in [0.717, 1.165) is 23.7 Å². The van der Waals surface area contributed by atoms with E-state index in [9.17, 15) is 0 Å². The summed E-state index contributed by atoms with van der Waals surface area (Å²) in [7, 11) is 0. The molecule has 0 heterocycles. The molecule has 0 heteroatoms. The fourth-order valence-corrected chi connectivity index (χ4v) is 3.40. The molecule has 1 aliphatic rings. The van der Waals surface area contributed by atoms with Crippen LogP contribution in [0, 0.1) is 24.7 Å². The van der Waals surface area contributed by atoms with Crippen LogP contribution in [-0.4, -0.2) is 0 Å². The van der Waals surface area contributed by atoms with Crippen molar-refractivity contribution in [1.29, 1.82) is 0 Å². The van der Waals surface area contributed by atoms with E-state index >= 15 is 0 Å². The van der Waals surface area contributed by atoms with Gasteiger partial charge in [0.25, 0.3) is 0 Å². The second kappa shape index (κ2) is 5.25. The number of rotatable bonds is 2. The molecule has 0 spiro atoms. The maximum absolute atomic E-state index is 2.41. The summed E-state index contributed by atoms with van der Waals surface area (Å²) in [5.74, 6) is 3.39. The van der Waals surface area contributed by atoms with Crippen LogP contribution < -0.4 is 0 Å². The minimum Gasteiger partial charge on any atom is -0.0625 e. The van der Waals surface area contributed by atoms with Gasteiger partial charge in [-0.1, -0.05) is 57.0 Å². The van der Waals surface area contributed by atoms with E-state index in [1.807, 2.05) is 0 Å². The summed E-state index contributed by atoms with van der Waals surface area (Å²) in [4.78, 5) is 0. The van der Waals surface area contributed by atoms with Crippen LogP contribution in [0.1, 0.15) is 57.1 Å². The van der Waals surface area contributed by atoms with Crippen LogP contribution in [0.3, 0.4) is 0 Å². The normalized spacial score (nSPS) is 29.6. The molecule has 0 nitrogen and oxygen atoms in total. The molecule has 1 aromatic rings. The van der Waals surface area contributed by atoms with E-state index in [1.165, 1.54) is 24.8 Å². The smallest absolute Gasteiger partial charge is 0.0129 e. The third-order valence-electron chi connectivity index (χ3n) is 4.53. The highest BCUT2D eigenvalue weighted by atomic mass is 14.4. The number of aryl methyl sites for hydroxylation is 1. The van der Waals surface area contributed by atoms with E-state index in [4.69, 9.17) is 0 Å². The first-order valence-electron chi connectivity index (χ1n) is 7.14. The first kappa shape index (κ1) is 12.7. The van der Waals surface area contributed by atoms with E-state index in [1.54, 1.807) is 5.56 Å². The molecule has 0 unspecified atom stereocenters. The minimum absolute atomic E-state index is 0.791. The fourth-order valence-electron chi connectivity index (χ4n) is 3.40. The van der Waals surface area contributed by atoms with Crippen molar-refractivity contribution in [1.82, 2.24) is 0 Å². The zero-order chi connectivity index (χ0) is 12.4. The van der Waals surface area contributed by atoms with Crippen molar-refractivity contribution in [3.8, 4) is 0 Å². The summed E-state index contributed by atoms with van der Waals surface area (Å²) in [5.41, 5.74) is 2.94. The lowest BCUT2D eigenvalue weighted by atomic mass is 9.67. The van der Waals surface area contributed by atoms with Gasteiger partial charge in [-0.05, 0) is 49.0 Å². The van der Waals surface area contributed by atoms with Crippen molar-refractivity contribution in [2.24, 2.45) is 17.8 Å². The van der Waals surface area contributed by atoms with Crippen LogP contribution in [0.5, 0.6) is 0 Å². The zero-order valence-electron chi connectivity index (χ0n) is 11.7. The molecule has 0 aromatic heterocycles. The van der Waals surface area contributed by atoms with E-state index in [-0.39, 0.29) is 0 Å². The molecule has 0 aliphatic heterocycles. The topological polar surface area (TPSA) is 0 Å². The Morgan fingerprint density at radius 1 is 1.06 bits per heavy atom. The Balaban J connectivity index is 2.22. The average Bonchev–Trinajstić information content (AvgIpc) is 2.29. The SMILES string of the molecule is Cc1ccc([C@@H]2C[C@@H](C)CC[C@@H]2C(C)C)cc1. The van der Waals surface area contributed by atoms with Gasteiger partial charge in [0.05, 0.1) is 0 Å². The highest BCUT2D eigenvalue weighted by Gasteiger charge is 2.31. The zero-order valence-corrected chi connectivity index (χ0v) is 11.7. The van der Waals surface area contributed by atoms with Gasteiger partial charge in [0.1, 0.15) is 0 Å². The van der Waals surface area contributed by atoms with Crippen LogP contribution in [-0.2, 0) is 0 Å². The van der Waals surface area contributed by atoms with Crippen LogP contribution >= 0.6 is 0 Å². The molecule has 94 valence electrons. The first-order valence-corrected chi connectivity index (χ1v) is 7.14. The Bertz CT molecular complexity index is 347. The largest absolute Gasteiger partial charge is 0.0625 e. The van der Waals surface area contributed by atoms with Gasteiger partial charge in [0, 0.05) is 0 Å². The molecule has 3 atom stereocenters. The number of hydrogen-bond donors (Lipinski definition) is 0. The first-order chi connectivity index (χ1) is 8.08. The van der Waals surface area contributed by atoms with Crippen molar-refractivity contribution in [2.45, 2.75) is 52.9 Å². The lowest BCUT2D eigenvalue weighted by Crippen LogP contribution is -2.26. The third kappa shape index (κ3) is 2.91. The summed E-state index contributed by atoms with van der Waals surface area (Å²) in [6, 6.07) is 9.25. The van der Waals surface area contributed by atoms with E-state index in [0.29, 0.717) is 0 Å². The van der Waals surface area contributed by atoms with Gasteiger partial charge in [-0.15, -0.1) is 0 Å². The number of hydrogen-bond acceptors (Lipinski definition) is 0. The van der Waals surface area contributed by atoms with Crippen molar-refractivity contribution < 1.29 is 0 Å². The molecule has 0 N–H and O–H groups in total. The van der Waals surface area contributed by atoms with Crippen molar-refractivity contribution >= 4 is 0 Å². The van der Waals surface area contributed by atoms with Gasteiger partial charge >= 0.3 is 0 Å². The van der Waals surface area contributed by atoms with Gasteiger partial charge < -0.3 is 0 Å². The predicted octanol–water partition coefficient (Wildman–Crippen LogP) is 5.17. The maximum atomic E-state index is 2.41. The van der Waals surface area contributed by atoms with Crippen molar-refractivity contribution in [3.63, 3.8) is 0 Å². The van der Waals surface area contributed by atoms with Crippen LogP contribution in [0.2, 0.25) is 0 Å². The second-order valence-electron chi connectivity index (χ2n) is 6.34. The molecule has 17 heavy (non-hydrogen) atoms. The summed E-state index contributed by atoms with van der Waals surface area (Å²) in [6.07, 6.45) is 4.22. The summed E-state index contributed by atoms with van der Waals surface area (Å²) in [5, 5.41) is 0. The quantitative estimate of drug-likeness (QED) is 0.657. The Hall–Kier alpha value is -0.780. The standard InChI is InChI=1S/C17H26/c1-12(2)16-10-7-14(4)11-17(16)15-8-5-13(3)6-9-15/h5-6,8-9,12,14,16-17H,7,10-11H2,1-4H3/t14-,16+,17-/m0/s1. The van der Waals surface area contributed by atoms with Gasteiger partial charge in [-0.2, -0.15) is 0 Å². The van der Waals surface area contributed by atoms with Gasteiger partial charge in [-0.25, -0.2) is 0 Å². The molecule has 1 saturated carbocycles. The molecule has 1 aliphatic carbocycles. The second-order valence-corrected chi connectivity index (χ2v) is 6.34.